The van der Waals surface area contributed by atoms with Crippen LogP contribution in [0.25, 0.3) is 6.08 Å². The number of amides is 1. The molecule has 0 aromatic heterocycles. The van der Waals surface area contributed by atoms with Crippen LogP contribution in [0.15, 0.2) is 24.3 Å². The molecule has 0 radical (unpaired) electrons. The zero-order chi connectivity index (χ0) is 15.8. The molecule has 1 amide bonds. The number of methoxy groups -OCH3 is 2. The van der Waals surface area contributed by atoms with Gasteiger partial charge in [-0.15, -0.1) is 0 Å². The number of carbonyl (C=O) groups excluding carboxylic acids is 2. The van der Waals surface area contributed by atoms with Gasteiger partial charge in [0.1, 0.15) is 0 Å². The Morgan fingerprint density at radius 3 is 2.67 bits per heavy atom. The van der Waals surface area contributed by atoms with Crippen molar-refractivity contribution < 1.29 is 28.6 Å². The van der Waals surface area contributed by atoms with Crippen LogP contribution in [0.5, 0.6) is 5.75 Å². The van der Waals surface area contributed by atoms with Crippen molar-refractivity contribution >= 4 is 18.0 Å². The van der Waals surface area contributed by atoms with Gasteiger partial charge in [-0.2, -0.15) is 0 Å². The lowest BCUT2D eigenvalue weighted by Gasteiger charge is -2.11. The van der Waals surface area contributed by atoms with E-state index in [0.717, 1.165) is 13.2 Å². The second-order valence-electron chi connectivity index (χ2n) is 3.99. The van der Waals surface area contributed by atoms with E-state index in [0.29, 0.717) is 5.56 Å². The second kappa shape index (κ2) is 8.01. The van der Waals surface area contributed by atoms with E-state index in [4.69, 9.17) is 9.84 Å². The number of hydrogen-bond donors (Lipinski definition) is 2. The lowest BCUT2D eigenvalue weighted by Crippen LogP contribution is -2.43. The summed E-state index contributed by atoms with van der Waals surface area (Å²) in [5.41, 5.74) is 0.446. The molecule has 7 heteroatoms. The minimum absolute atomic E-state index is 0.0997. The highest BCUT2D eigenvalue weighted by Crippen LogP contribution is 2.18. The smallest absolute Gasteiger partial charge is 0.330 e. The van der Waals surface area contributed by atoms with E-state index in [1.54, 1.807) is 6.07 Å². The Hall–Kier alpha value is -2.41. The number of rotatable bonds is 6. The van der Waals surface area contributed by atoms with Crippen molar-refractivity contribution in [1.29, 1.82) is 0 Å². The van der Waals surface area contributed by atoms with E-state index in [-0.39, 0.29) is 5.75 Å². The van der Waals surface area contributed by atoms with Crippen molar-refractivity contribution in [3.8, 4) is 5.75 Å². The number of nitrogens with one attached hydrogen (secondary N) is 1. The van der Waals surface area contributed by atoms with Gasteiger partial charge in [0.2, 0.25) is 5.91 Å². The molecule has 0 unspecified atom stereocenters. The van der Waals surface area contributed by atoms with Crippen LogP contribution in [0.4, 0.5) is 4.39 Å². The molecule has 1 atom stereocenters. The van der Waals surface area contributed by atoms with Gasteiger partial charge in [0.05, 0.1) is 20.8 Å². The summed E-state index contributed by atoms with van der Waals surface area (Å²) in [6.45, 7) is -0.580. The molecule has 6 nitrogen and oxygen atoms in total. The van der Waals surface area contributed by atoms with Crippen molar-refractivity contribution in [2.24, 2.45) is 0 Å². The molecule has 0 saturated heterocycles. The van der Waals surface area contributed by atoms with Crippen molar-refractivity contribution in [1.82, 2.24) is 5.32 Å². The molecule has 1 aromatic rings. The maximum atomic E-state index is 13.4. The van der Waals surface area contributed by atoms with Gasteiger partial charge in [-0.05, 0) is 23.8 Å². The molecule has 2 N–H and O–H groups in total. The van der Waals surface area contributed by atoms with E-state index >= 15 is 0 Å². The maximum absolute atomic E-state index is 13.4. The van der Waals surface area contributed by atoms with Gasteiger partial charge < -0.3 is 19.9 Å². The van der Waals surface area contributed by atoms with E-state index in [2.05, 4.69) is 10.1 Å². The summed E-state index contributed by atoms with van der Waals surface area (Å²) in [5, 5.41) is 11.2. The quantitative estimate of drug-likeness (QED) is 0.590. The van der Waals surface area contributed by atoms with Crippen LogP contribution in [0.2, 0.25) is 0 Å². The lowest BCUT2D eigenvalue weighted by molar-refractivity contribution is -0.145. The Kier molecular flexibility index (Phi) is 6.35. The van der Waals surface area contributed by atoms with Gasteiger partial charge in [0, 0.05) is 6.08 Å². The molecule has 0 aliphatic carbocycles. The predicted octanol–water partition coefficient (Wildman–Crippen LogP) is 0.498. The van der Waals surface area contributed by atoms with Gasteiger partial charge in [-0.25, -0.2) is 9.18 Å². The number of aliphatic hydroxyl groups excluding tert-OH is 1. The number of benzene rings is 1. The Balaban J connectivity index is 2.69. The van der Waals surface area contributed by atoms with Gasteiger partial charge in [-0.3, -0.25) is 4.79 Å². The highest BCUT2D eigenvalue weighted by atomic mass is 19.1. The zero-order valence-electron chi connectivity index (χ0n) is 11.6. The fraction of sp³-hybridized carbons (Fsp3) is 0.286. The summed E-state index contributed by atoms with van der Waals surface area (Å²) < 4.78 is 22.6. The Morgan fingerprint density at radius 1 is 1.43 bits per heavy atom. The van der Waals surface area contributed by atoms with Gasteiger partial charge >= 0.3 is 5.97 Å². The van der Waals surface area contributed by atoms with Crippen LogP contribution in [-0.4, -0.2) is 43.9 Å². The molecule has 0 heterocycles. The molecule has 1 rings (SSSR count). The SMILES string of the molecule is COC(=O)[C@@H](CO)NC(=O)/C=C/c1ccc(OC)c(F)c1. The molecule has 0 aliphatic heterocycles. The van der Waals surface area contributed by atoms with Crippen LogP contribution in [0, 0.1) is 5.82 Å². The summed E-state index contributed by atoms with van der Waals surface area (Å²) in [6.07, 6.45) is 2.48. The molecular weight excluding hydrogens is 281 g/mol. The number of hydrogen-bond acceptors (Lipinski definition) is 5. The molecule has 1 aromatic carbocycles. The molecule has 0 bridgehead atoms. The molecule has 0 fully saturated rings. The highest BCUT2D eigenvalue weighted by molar-refractivity contribution is 5.94. The van der Waals surface area contributed by atoms with Crippen LogP contribution in [0.1, 0.15) is 5.56 Å². The molecule has 21 heavy (non-hydrogen) atoms. The van der Waals surface area contributed by atoms with Crippen molar-refractivity contribution in [2.45, 2.75) is 6.04 Å². The molecule has 0 saturated carbocycles. The minimum Gasteiger partial charge on any atom is -0.494 e. The van der Waals surface area contributed by atoms with Crippen LogP contribution in [0.3, 0.4) is 0 Å². The Bertz CT molecular complexity index is 544. The first kappa shape index (κ1) is 16.6. The largest absolute Gasteiger partial charge is 0.494 e. The summed E-state index contributed by atoms with van der Waals surface area (Å²) in [7, 11) is 2.50. The van der Waals surface area contributed by atoms with E-state index in [9.17, 15) is 14.0 Å². The first-order chi connectivity index (χ1) is 10.0. The average Bonchev–Trinajstić information content (AvgIpc) is 2.49. The zero-order valence-corrected chi connectivity index (χ0v) is 11.6. The van der Waals surface area contributed by atoms with Crippen molar-refractivity contribution in [3.63, 3.8) is 0 Å². The lowest BCUT2D eigenvalue weighted by atomic mass is 10.2. The normalized spacial score (nSPS) is 12.0. The van der Waals surface area contributed by atoms with E-state index in [1.165, 1.54) is 25.3 Å². The van der Waals surface area contributed by atoms with Crippen molar-refractivity contribution in [3.05, 3.63) is 35.7 Å². The number of aliphatic hydroxyl groups is 1. The number of carbonyl (C=O) groups is 2. The van der Waals surface area contributed by atoms with Crippen LogP contribution >= 0.6 is 0 Å². The number of esters is 1. The molecule has 0 aliphatic rings. The standard InChI is InChI=1S/C14H16FNO5/c1-20-12-5-3-9(7-10(12)15)4-6-13(18)16-11(8-17)14(19)21-2/h3-7,11,17H,8H2,1-2H3,(H,16,18)/b6-4+/t11-/m1/s1. The van der Waals surface area contributed by atoms with Gasteiger partial charge in [0.25, 0.3) is 0 Å². The Labute approximate surface area is 121 Å². The average molecular weight is 297 g/mol. The van der Waals surface area contributed by atoms with E-state index < -0.39 is 30.3 Å². The van der Waals surface area contributed by atoms with Crippen LogP contribution < -0.4 is 10.1 Å². The van der Waals surface area contributed by atoms with Crippen LogP contribution in [-0.2, 0) is 14.3 Å². The fourth-order valence-corrected chi connectivity index (χ4v) is 1.50. The van der Waals surface area contributed by atoms with Crippen molar-refractivity contribution in [2.75, 3.05) is 20.8 Å². The molecule has 0 spiro atoms. The Morgan fingerprint density at radius 2 is 2.14 bits per heavy atom. The third kappa shape index (κ3) is 4.88. The summed E-state index contributed by atoms with van der Waals surface area (Å²) >= 11 is 0. The maximum Gasteiger partial charge on any atom is 0.330 e. The predicted molar refractivity (Wildman–Crippen MR) is 73.0 cm³/mol. The summed E-state index contributed by atoms with van der Waals surface area (Å²) in [4.78, 5) is 22.8. The highest BCUT2D eigenvalue weighted by Gasteiger charge is 2.19. The minimum atomic E-state index is -1.14. The third-order valence-corrected chi connectivity index (χ3v) is 2.59. The van der Waals surface area contributed by atoms with Gasteiger partial charge in [-0.1, -0.05) is 6.07 Å². The summed E-state index contributed by atoms with van der Waals surface area (Å²) in [6, 6.07) is 3.06. The first-order valence-electron chi connectivity index (χ1n) is 6.02. The molecular formula is C14H16FNO5. The summed E-state index contributed by atoms with van der Waals surface area (Å²) in [5.74, 6) is -1.82. The number of ether oxygens (including phenoxy) is 2. The second-order valence-corrected chi connectivity index (χ2v) is 3.99. The first-order valence-corrected chi connectivity index (χ1v) is 6.02. The number of halogens is 1. The monoisotopic (exact) mass is 297 g/mol. The molecule has 114 valence electrons. The third-order valence-electron chi connectivity index (χ3n) is 2.59. The van der Waals surface area contributed by atoms with Gasteiger partial charge in [0.15, 0.2) is 17.6 Å². The van der Waals surface area contributed by atoms with E-state index in [1.807, 2.05) is 0 Å². The fourth-order valence-electron chi connectivity index (χ4n) is 1.50. The topological polar surface area (TPSA) is 84.9 Å².